The lowest BCUT2D eigenvalue weighted by atomic mass is 10.1. The molecule has 0 bridgehead atoms. The highest BCUT2D eigenvalue weighted by Gasteiger charge is 2.23. The van der Waals surface area contributed by atoms with E-state index in [4.69, 9.17) is 9.47 Å². The molecule has 0 unspecified atom stereocenters. The van der Waals surface area contributed by atoms with Crippen LogP contribution in [0.5, 0.6) is 11.5 Å². The molecular formula is C24H24N4O6S. The summed E-state index contributed by atoms with van der Waals surface area (Å²) in [5, 5.41) is 15.6. The molecule has 0 aliphatic carbocycles. The van der Waals surface area contributed by atoms with E-state index >= 15 is 0 Å². The molecular weight excluding hydrogens is 472 g/mol. The Morgan fingerprint density at radius 3 is 2.40 bits per heavy atom. The fourth-order valence-corrected chi connectivity index (χ4v) is 4.85. The second-order valence-electron chi connectivity index (χ2n) is 8.03. The van der Waals surface area contributed by atoms with Gasteiger partial charge in [-0.05, 0) is 56.7 Å². The van der Waals surface area contributed by atoms with E-state index in [1.54, 1.807) is 38.1 Å². The van der Waals surface area contributed by atoms with E-state index in [0.717, 1.165) is 22.8 Å². The van der Waals surface area contributed by atoms with Gasteiger partial charge in [0.15, 0.2) is 11.5 Å². The van der Waals surface area contributed by atoms with Gasteiger partial charge in [-0.3, -0.25) is 20.3 Å². The molecule has 0 atom stereocenters. The van der Waals surface area contributed by atoms with E-state index in [1.165, 1.54) is 12.1 Å². The summed E-state index contributed by atoms with van der Waals surface area (Å²) in [6, 6.07) is 14.2. The van der Waals surface area contributed by atoms with Gasteiger partial charge in [-0.15, -0.1) is 0 Å². The van der Waals surface area contributed by atoms with E-state index in [0.29, 0.717) is 36.1 Å². The Kier molecular flexibility index (Phi) is 6.61. The van der Waals surface area contributed by atoms with Crippen molar-refractivity contribution in [2.75, 3.05) is 23.4 Å². The van der Waals surface area contributed by atoms with Crippen molar-refractivity contribution in [3.8, 4) is 11.5 Å². The highest BCUT2D eigenvalue weighted by atomic mass is 32.2. The molecule has 4 rings (SSSR count). The number of anilines is 2. The first-order valence-corrected chi connectivity index (χ1v) is 12.2. The molecule has 0 saturated heterocycles. The van der Waals surface area contributed by atoms with Crippen molar-refractivity contribution in [1.82, 2.24) is 0 Å². The summed E-state index contributed by atoms with van der Waals surface area (Å²) in [5.74, 6) is 1.24. The number of fused-ring (bicyclic) bond motifs is 1. The van der Waals surface area contributed by atoms with Crippen LogP contribution in [0.3, 0.4) is 0 Å². The molecule has 1 aliphatic heterocycles. The third-order valence-corrected chi connectivity index (χ3v) is 6.80. The lowest BCUT2D eigenvalue weighted by molar-refractivity contribution is -0.385. The third-order valence-electron chi connectivity index (χ3n) is 5.40. The fraction of sp³-hybridized carbons (Fsp3) is 0.208. The van der Waals surface area contributed by atoms with E-state index in [9.17, 15) is 18.5 Å². The van der Waals surface area contributed by atoms with Crippen LogP contribution in [-0.4, -0.2) is 32.3 Å². The molecule has 0 saturated carbocycles. The van der Waals surface area contributed by atoms with E-state index in [1.807, 2.05) is 19.1 Å². The summed E-state index contributed by atoms with van der Waals surface area (Å²) < 4.78 is 40.2. The average molecular weight is 497 g/mol. The first kappa shape index (κ1) is 24.0. The SMILES string of the molecule is CC(=NNc1ccc([N+](=O)[O-])cc1S(=O)(=O)Nc1ccc(C)cc1C)c1ccc2c(c1)OCCO2. The molecule has 10 nitrogen and oxygen atoms in total. The van der Waals surface area contributed by atoms with Gasteiger partial charge in [0.1, 0.15) is 18.1 Å². The zero-order valence-electron chi connectivity index (χ0n) is 19.4. The van der Waals surface area contributed by atoms with Crippen LogP contribution in [0.4, 0.5) is 17.1 Å². The van der Waals surface area contributed by atoms with Crippen LogP contribution in [-0.2, 0) is 10.0 Å². The van der Waals surface area contributed by atoms with Gasteiger partial charge in [-0.1, -0.05) is 17.7 Å². The maximum atomic E-state index is 13.3. The number of ether oxygens (including phenoxy) is 2. The summed E-state index contributed by atoms with van der Waals surface area (Å²) in [5.41, 5.74) is 5.84. The Morgan fingerprint density at radius 1 is 0.971 bits per heavy atom. The number of hydrogen-bond acceptors (Lipinski definition) is 8. The first-order valence-electron chi connectivity index (χ1n) is 10.7. The van der Waals surface area contributed by atoms with Gasteiger partial charge in [0.25, 0.3) is 15.7 Å². The van der Waals surface area contributed by atoms with Crippen molar-refractivity contribution >= 4 is 32.8 Å². The summed E-state index contributed by atoms with van der Waals surface area (Å²) in [6.07, 6.45) is 0. The number of sulfonamides is 1. The van der Waals surface area contributed by atoms with Gasteiger partial charge < -0.3 is 9.47 Å². The minimum atomic E-state index is -4.18. The van der Waals surface area contributed by atoms with Gasteiger partial charge >= 0.3 is 0 Å². The van der Waals surface area contributed by atoms with E-state index < -0.39 is 14.9 Å². The number of hydrogen-bond donors (Lipinski definition) is 2. The Hall–Kier alpha value is -4.12. The number of aryl methyl sites for hydroxylation is 2. The lowest BCUT2D eigenvalue weighted by Crippen LogP contribution is -2.16. The molecule has 3 aromatic carbocycles. The molecule has 11 heteroatoms. The Balaban J connectivity index is 1.67. The highest BCUT2D eigenvalue weighted by molar-refractivity contribution is 7.92. The molecule has 0 fully saturated rings. The monoisotopic (exact) mass is 496 g/mol. The number of nitro groups is 1. The van der Waals surface area contributed by atoms with Crippen LogP contribution in [0.1, 0.15) is 23.6 Å². The van der Waals surface area contributed by atoms with Crippen LogP contribution < -0.4 is 19.6 Å². The molecule has 0 amide bonds. The zero-order chi connectivity index (χ0) is 25.2. The van der Waals surface area contributed by atoms with Gasteiger partial charge in [0.2, 0.25) is 0 Å². The summed E-state index contributed by atoms with van der Waals surface area (Å²) >= 11 is 0. The highest BCUT2D eigenvalue weighted by Crippen LogP contribution is 2.32. The molecule has 182 valence electrons. The number of rotatable bonds is 7. The zero-order valence-corrected chi connectivity index (χ0v) is 20.2. The van der Waals surface area contributed by atoms with Crippen LogP contribution in [0, 0.1) is 24.0 Å². The molecule has 35 heavy (non-hydrogen) atoms. The number of hydrazone groups is 1. The van der Waals surface area contributed by atoms with Crippen molar-refractivity contribution in [2.24, 2.45) is 5.10 Å². The quantitative estimate of drug-likeness (QED) is 0.277. The second kappa shape index (κ2) is 9.63. The van der Waals surface area contributed by atoms with Gasteiger partial charge in [0.05, 0.1) is 22.0 Å². The third kappa shape index (κ3) is 5.35. The van der Waals surface area contributed by atoms with Crippen LogP contribution in [0.25, 0.3) is 0 Å². The van der Waals surface area contributed by atoms with Crippen molar-refractivity contribution in [2.45, 2.75) is 25.7 Å². The smallest absolute Gasteiger partial charge is 0.270 e. The van der Waals surface area contributed by atoms with Gasteiger partial charge in [-0.25, -0.2) is 8.42 Å². The molecule has 1 heterocycles. The minimum absolute atomic E-state index is 0.0877. The number of nitrogens with zero attached hydrogens (tertiary/aromatic N) is 2. The van der Waals surface area contributed by atoms with Crippen molar-refractivity contribution in [3.63, 3.8) is 0 Å². The molecule has 3 aromatic rings. The van der Waals surface area contributed by atoms with Crippen LogP contribution in [0.15, 0.2) is 64.6 Å². The Bertz CT molecular complexity index is 1440. The summed E-state index contributed by atoms with van der Waals surface area (Å²) in [4.78, 5) is 10.4. The predicted octanol–water partition coefficient (Wildman–Crippen LogP) is 4.62. The molecule has 1 aliphatic rings. The normalized spacial score (nSPS) is 13.3. The van der Waals surface area contributed by atoms with E-state index in [-0.39, 0.29) is 16.3 Å². The first-order chi connectivity index (χ1) is 16.6. The second-order valence-corrected chi connectivity index (χ2v) is 9.68. The maximum absolute atomic E-state index is 13.3. The Morgan fingerprint density at radius 2 is 1.69 bits per heavy atom. The van der Waals surface area contributed by atoms with Gasteiger partial charge in [-0.2, -0.15) is 5.10 Å². The molecule has 2 N–H and O–H groups in total. The van der Waals surface area contributed by atoms with Crippen LogP contribution in [0.2, 0.25) is 0 Å². The van der Waals surface area contributed by atoms with Gasteiger partial charge in [0, 0.05) is 17.7 Å². The molecule has 0 radical (unpaired) electrons. The van der Waals surface area contributed by atoms with Crippen molar-refractivity contribution in [1.29, 1.82) is 0 Å². The molecule has 0 aromatic heterocycles. The van der Waals surface area contributed by atoms with Crippen molar-refractivity contribution in [3.05, 3.63) is 81.4 Å². The summed E-state index contributed by atoms with van der Waals surface area (Å²) in [6.45, 7) is 6.34. The number of nitrogens with one attached hydrogen (secondary N) is 2. The minimum Gasteiger partial charge on any atom is -0.486 e. The lowest BCUT2D eigenvalue weighted by Gasteiger charge is -2.18. The summed E-state index contributed by atoms with van der Waals surface area (Å²) in [7, 11) is -4.18. The number of nitro benzene ring substituents is 1. The fourth-order valence-electron chi connectivity index (χ4n) is 3.54. The standard InChI is InChI=1S/C24H24N4O6S/c1-15-4-7-20(16(2)12-15)27-35(31,32)24-14-19(28(29)30)6-8-21(24)26-25-17(3)18-5-9-22-23(13-18)34-11-10-33-22/h4-9,12-14,26-27H,10-11H2,1-3H3. The number of benzene rings is 3. The average Bonchev–Trinajstić information content (AvgIpc) is 2.83. The van der Waals surface area contributed by atoms with E-state index in [2.05, 4.69) is 15.2 Å². The Labute approximate surface area is 202 Å². The van der Waals surface area contributed by atoms with Crippen LogP contribution >= 0.6 is 0 Å². The number of non-ortho nitro benzene ring substituents is 1. The maximum Gasteiger partial charge on any atom is 0.270 e. The molecule has 0 spiro atoms. The largest absolute Gasteiger partial charge is 0.486 e. The topological polar surface area (TPSA) is 132 Å². The predicted molar refractivity (Wildman–Crippen MR) is 133 cm³/mol. The van der Waals surface area contributed by atoms with Crippen molar-refractivity contribution < 1.29 is 22.8 Å².